The zero-order chi connectivity index (χ0) is 9.14. The lowest BCUT2D eigenvalue weighted by Crippen LogP contribution is -1.90. The first-order valence-corrected chi connectivity index (χ1v) is 5.65. The van der Waals surface area contributed by atoms with Crippen LogP contribution in [-0.2, 0) is 4.79 Å². The first kappa shape index (κ1) is 9.96. The highest BCUT2D eigenvalue weighted by Gasteiger charge is 2.20. The third-order valence-corrected chi connectivity index (χ3v) is 2.94. The quantitative estimate of drug-likeness (QED) is 0.559. The Balaban J connectivity index is 2.80. The molecule has 12 heavy (non-hydrogen) atoms. The van der Waals surface area contributed by atoms with Crippen LogP contribution in [0.3, 0.4) is 0 Å². The highest BCUT2D eigenvalue weighted by Crippen LogP contribution is 2.28. The van der Waals surface area contributed by atoms with Gasteiger partial charge in [-0.05, 0) is 37.0 Å². The van der Waals surface area contributed by atoms with E-state index in [1.54, 1.807) is 0 Å². The van der Waals surface area contributed by atoms with Crippen LogP contribution in [0, 0.1) is 0 Å². The van der Waals surface area contributed by atoms with Gasteiger partial charge in [0.15, 0.2) is 5.78 Å². The van der Waals surface area contributed by atoms with Crippen LogP contribution in [0.1, 0.15) is 26.7 Å². The molecule has 0 atom stereocenters. The maximum Gasteiger partial charge on any atom is 0.163 e. The van der Waals surface area contributed by atoms with Crippen LogP contribution in [-0.4, -0.2) is 10.2 Å². The summed E-state index contributed by atoms with van der Waals surface area (Å²) >= 11 is 2.35. The van der Waals surface area contributed by atoms with Crippen molar-refractivity contribution >= 4 is 28.4 Å². The summed E-state index contributed by atoms with van der Waals surface area (Å²) in [5.74, 6) is 0.298. The summed E-state index contributed by atoms with van der Waals surface area (Å²) in [6.45, 7) is 3.96. The normalized spacial score (nSPS) is 21.2. The van der Waals surface area contributed by atoms with Crippen LogP contribution in [0.5, 0.6) is 0 Å². The zero-order valence-corrected chi connectivity index (χ0v) is 9.64. The van der Waals surface area contributed by atoms with Crippen LogP contribution in [0.25, 0.3) is 0 Å². The third kappa shape index (κ3) is 1.97. The van der Waals surface area contributed by atoms with E-state index in [1.807, 2.05) is 13.8 Å². The SMILES string of the molecule is CC1=C(C)/C(=C/CCI)CC1=O. The number of rotatable bonds is 2. The molecule has 0 spiro atoms. The Bertz CT molecular complexity index is 261. The molecule has 0 unspecified atom stereocenters. The lowest BCUT2D eigenvalue weighted by Gasteiger charge is -1.96. The van der Waals surface area contributed by atoms with E-state index in [4.69, 9.17) is 0 Å². The van der Waals surface area contributed by atoms with E-state index < -0.39 is 0 Å². The first-order chi connectivity index (χ1) is 5.66. The molecule has 0 aromatic rings. The van der Waals surface area contributed by atoms with Crippen molar-refractivity contribution in [3.05, 3.63) is 22.8 Å². The van der Waals surface area contributed by atoms with Gasteiger partial charge in [0.05, 0.1) is 0 Å². The monoisotopic (exact) mass is 276 g/mol. The average Bonchev–Trinajstić information content (AvgIpc) is 2.30. The van der Waals surface area contributed by atoms with Gasteiger partial charge in [-0.3, -0.25) is 4.79 Å². The highest BCUT2D eigenvalue weighted by atomic mass is 127. The molecule has 0 radical (unpaired) electrons. The van der Waals surface area contributed by atoms with Crippen LogP contribution in [0.4, 0.5) is 0 Å². The number of ketones is 1. The number of halogens is 1. The lowest BCUT2D eigenvalue weighted by molar-refractivity contribution is -0.114. The first-order valence-electron chi connectivity index (χ1n) is 4.13. The maximum absolute atomic E-state index is 11.3. The molecule has 0 bridgehead atoms. The molecule has 0 aliphatic heterocycles. The van der Waals surface area contributed by atoms with Crippen molar-refractivity contribution in [1.29, 1.82) is 0 Å². The lowest BCUT2D eigenvalue weighted by atomic mass is 10.1. The Hall–Kier alpha value is -0.120. The standard InChI is InChI=1S/C10H13IO/c1-7-8(2)10(12)6-9(7)4-3-5-11/h4H,3,5-6H2,1-2H3/b9-4+. The van der Waals surface area contributed by atoms with Crippen molar-refractivity contribution < 1.29 is 4.79 Å². The van der Waals surface area contributed by atoms with Crippen molar-refractivity contribution in [3.63, 3.8) is 0 Å². The summed E-state index contributed by atoms with van der Waals surface area (Å²) in [7, 11) is 0. The van der Waals surface area contributed by atoms with Gasteiger partial charge >= 0.3 is 0 Å². The van der Waals surface area contributed by atoms with Gasteiger partial charge in [0.25, 0.3) is 0 Å². The molecule has 0 N–H and O–H groups in total. The summed E-state index contributed by atoms with van der Waals surface area (Å²) < 4.78 is 1.13. The molecule has 0 saturated carbocycles. The van der Waals surface area contributed by atoms with E-state index >= 15 is 0 Å². The van der Waals surface area contributed by atoms with Crippen molar-refractivity contribution in [2.75, 3.05) is 4.43 Å². The molecular formula is C10H13IO. The van der Waals surface area contributed by atoms with Crippen LogP contribution >= 0.6 is 22.6 Å². The molecule has 1 rings (SSSR count). The molecule has 1 aliphatic carbocycles. The van der Waals surface area contributed by atoms with Gasteiger partial charge in [0.1, 0.15) is 0 Å². The summed E-state index contributed by atoms with van der Waals surface area (Å²) in [6.07, 6.45) is 3.90. The Morgan fingerprint density at radius 3 is 2.50 bits per heavy atom. The second kappa shape index (κ2) is 4.21. The van der Waals surface area contributed by atoms with Crippen LogP contribution < -0.4 is 0 Å². The van der Waals surface area contributed by atoms with Crippen molar-refractivity contribution in [2.45, 2.75) is 26.7 Å². The Kier molecular flexibility index (Phi) is 3.50. The van der Waals surface area contributed by atoms with E-state index in [1.165, 1.54) is 11.1 Å². The van der Waals surface area contributed by atoms with Crippen LogP contribution in [0.15, 0.2) is 22.8 Å². The fourth-order valence-corrected chi connectivity index (χ4v) is 1.65. The van der Waals surface area contributed by atoms with Gasteiger partial charge < -0.3 is 0 Å². The number of alkyl halides is 1. The van der Waals surface area contributed by atoms with Gasteiger partial charge in [0, 0.05) is 10.8 Å². The number of Topliss-reactive ketones (excluding diaryl/α,β-unsaturated/α-hetero) is 1. The Morgan fingerprint density at radius 1 is 1.42 bits per heavy atom. The summed E-state index contributed by atoms with van der Waals surface area (Å²) in [5, 5.41) is 0. The van der Waals surface area contributed by atoms with Crippen molar-refractivity contribution in [2.24, 2.45) is 0 Å². The molecule has 0 saturated heterocycles. The molecule has 0 aromatic heterocycles. The van der Waals surface area contributed by atoms with Crippen molar-refractivity contribution in [3.8, 4) is 0 Å². The van der Waals surface area contributed by atoms with E-state index in [2.05, 4.69) is 28.7 Å². The van der Waals surface area contributed by atoms with E-state index in [9.17, 15) is 4.79 Å². The van der Waals surface area contributed by atoms with Gasteiger partial charge in [-0.15, -0.1) is 0 Å². The number of carbonyl (C=O) groups is 1. The number of carbonyl (C=O) groups excluding carboxylic acids is 1. The minimum absolute atomic E-state index is 0.298. The van der Waals surface area contributed by atoms with E-state index in [-0.39, 0.29) is 0 Å². The Labute approximate surface area is 87.1 Å². The highest BCUT2D eigenvalue weighted by molar-refractivity contribution is 14.1. The minimum Gasteiger partial charge on any atom is -0.294 e. The van der Waals surface area contributed by atoms with Gasteiger partial charge in [-0.25, -0.2) is 0 Å². The summed E-state index contributed by atoms with van der Waals surface area (Å²) in [6, 6.07) is 0. The topological polar surface area (TPSA) is 17.1 Å². The second-order valence-electron chi connectivity index (χ2n) is 3.06. The zero-order valence-electron chi connectivity index (χ0n) is 7.48. The molecule has 1 aliphatic rings. The molecule has 66 valence electrons. The fourth-order valence-electron chi connectivity index (χ4n) is 1.34. The van der Waals surface area contributed by atoms with Gasteiger partial charge in [-0.2, -0.15) is 0 Å². The molecule has 0 amide bonds. The molecular weight excluding hydrogens is 263 g/mol. The number of allylic oxidation sites excluding steroid dienone is 4. The predicted octanol–water partition coefficient (Wildman–Crippen LogP) is 3.05. The van der Waals surface area contributed by atoms with Crippen molar-refractivity contribution in [1.82, 2.24) is 0 Å². The molecule has 0 aromatic carbocycles. The smallest absolute Gasteiger partial charge is 0.163 e. The van der Waals surface area contributed by atoms with Gasteiger partial charge in [-0.1, -0.05) is 28.7 Å². The maximum atomic E-state index is 11.3. The average molecular weight is 276 g/mol. The molecule has 2 heteroatoms. The second-order valence-corrected chi connectivity index (χ2v) is 4.14. The number of hydrogen-bond acceptors (Lipinski definition) is 1. The predicted molar refractivity (Wildman–Crippen MR) is 59.6 cm³/mol. The molecule has 0 fully saturated rings. The minimum atomic E-state index is 0.298. The fraction of sp³-hybridized carbons (Fsp3) is 0.500. The molecule has 0 heterocycles. The third-order valence-electron chi connectivity index (χ3n) is 2.31. The summed E-state index contributed by atoms with van der Waals surface area (Å²) in [4.78, 5) is 11.3. The Morgan fingerprint density at radius 2 is 2.08 bits per heavy atom. The van der Waals surface area contributed by atoms with E-state index in [0.717, 1.165) is 16.4 Å². The summed E-state index contributed by atoms with van der Waals surface area (Å²) in [5.41, 5.74) is 3.40. The molecule has 1 nitrogen and oxygen atoms in total. The van der Waals surface area contributed by atoms with Crippen LogP contribution in [0.2, 0.25) is 0 Å². The largest absolute Gasteiger partial charge is 0.294 e. The number of hydrogen-bond donors (Lipinski definition) is 0. The van der Waals surface area contributed by atoms with Gasteiger partial charge in [0.2, 0.25) is 0 Å². The van der Waals surface area contributed by atoms with E-state index in [0.29, 0.717) is 12.2 Å².